The van der Waals surface area contributed by atoms with E-state index < -0.39 is 11.7 Å². The van der Waals surface area contributed by atoms with E-state index in [1.807, 2.05) is 0 Å². The predicted molar refractivity (Wildman–Crippen MR) is 61.3 cm³/mol. The summed E-state index contributed by atoms with van der Waals surface area (Å²) in [6.07, 6.45) is -2.80. The van der Waals surface area contributed by atoms with E-state index in [1.165, 1.54) is 12.3 Å². The highest BCUT2D eigenvalue weighted by Gasteiger charge is 2.30. The van der Waals surface area contributed by atoms with Gasteiger partial charge in [-0.15, -0.1) is 0 Å². The third-order valence-corrected chi connectivity index (χ3v) is 3.15. The van der Waals surface area contributed by atoms with Gasteiger partial charge in [0.15, 0.2) is 4.73 Å². The first kappa shape index (κ1) is 12.2. The van der Waals surface area contributed by atoms with Crippen LogP contribution in [-0.2, 0) is 13.2 Å². The van der Waals surface area contributed by atoms with Crippen LogP contribution in [0.3, 0.4) is 0 Å². The van der Waals surface area contributed by atoms with Crippen LogP contribution in [0.25, 0.3) is 11.3 Å². The zero-order chi connectivity index (χ0) is 12.6. The van der Waals surface area contributed by atoms with Gasteiger partial charge in [0.25, 0.3) is 0 Å². The first-order valence-electron chi connectivity index (χ1n) is 4.74. The lowest BCUT2D eigenvalue weighted by molar-refractivity contribution is -0.137. The van der Waals surface area contributed by atoms with Crippen LogP contribution in [0, 0.1) is 0 Å². The Bertz CT molecular complexity index is 546. The second-order valence-corrected chi connectivity index (χ2v) is 4.26. The molecular weight excluding hydrogens is 297 g/mol. The van der Waals surface area contributed by atoms with E-state index in [0.717, 1.165) is 12.1 Å². The molecule has 0 bridgehead atoms. The summed E-state index contributed by atoms with van der Waals surface area (Å²) in [6, 6.07) is 5.18. The highest BCUT2D eigenvalue weighted by molar-refractivity contribution is 9.10. The topological polar surface area (TPSA) is 17.8 Å². The number of imidazole rings is 1. The van der Waals surface area contributed by atoms with Crippen molar-refractivity contribution in [2.75, 3.05) is 0 Å². The number of rotatable bonds is 1. The van der Waals surface area contributed by atoms with Crippen LogP contribution >= 0.6 is 15.9 Å². The van der Waals surface area contributed by atoms with Crippen molar-refractivity contribution < 1.29 is 13.2 Å². The van der Waals surface area contributed by atoms with Crippen LogP contribution in [0.5, 0.6) is 0 Å². The summed E-state index contributed by atoms with van der Waals surface area (Å²) in [5.41, 5.74) is 0.454. The largest absolute Gasteiger partial charge is 0.416 e. The fourth-order valence-corrected chi connectivity index (χ4v) is 1.80. The molecule has 2 aromatic rings. The molecule has 0 atom stereocenters. The fourth-order valence-electron chi connectivity index (χ4n) is 1.51. The number of nitrogens with zero attached hydrogens (tertiary/aromatic N) is 2. The van der Waals surface area contributed by atoms with Gasteiger partial charge in [-0.3, -0.25) is 0 Å². The molecule has 0 N–H and O–H groups in total. The third-order valence-electron chi connectivity index (χ3n) is 2.42. The smallest absolute Gasteiger partial charge is 0.322 e. The normalized spacial score (nSPS) is 11.8. The zero-order valence-electron chi connectivity index (χ0n) is 8.79. The monoisotopic (exact) mass is 304 g/mol. The maximum Gasteiger partial charge on any atom is 0.416 e. The van der Waals surface area contributed by atoms with Crippen molar-refractivity contribution in [2.24, 2.45) is 7.05 Å². The van der Waals surface area contributed by atoms with Crippen LogP contribution in [-0.4, -0.2) is 9.55 Å². The Morgan fingerprint density at radius 2 is 2.00 bits per heavy atom. The molecule has 0 radical (unpaired) electrons. The van der Waals surface area contributed by atoms with E-state index in [1.54, 1.807) is 17.7 Å². The second-order valence-electron chi connectivity index (χ2n) is 3.55. The molecule has 6 heteroatoms. The van der Waals surface area contributed by atoms with E-state index in [-0.39, 0.29) is 0 Å². The number of hydrogen-bond donors (Lipinski definition) is 0. The molecule has 0 unspecified atom stereocenters. The minimum Gasteiger partial charge on any atom is -0.322 e. The lowest BCUT2D eigenvalue weighted by Crippen LogP contribution is -2.04. The minimum absolute atomic E-state index is 0.487. The van der Waals surface area contributed by atoms with Crippen LogP contribution in [0.1, 0.15) is 5.56 Å². The Hall–Kier alpha value is -1.30. The van der Waals surface area contributed by atoms with E-state index in [0.29, 0.717) is 16.0 Å². The predicted octanol–water partition coefficient (Wildman–Crippen LogP) is 3.87. The first-order valence-corrected chi connectivity index (χ1v) is 5.54. The molecule has 0 fully saturated rings. The summed E-state index contributed by atoms with van der Waals surface area (Å²) in [6.45, 7) is 0. The molecule has 0 spiro atoms. The maximum atomic E-state index is 12.6. The highest BCUT2D eigenvalue weighted by Crippen LogP contribution is 2.32. The average Bonchev–Trinajstić information content (AvgIpc) is 2.59. The van der Waals surface area contributed by atoms with Crippen LogP contribution < -0.4 is 0 Å². The zero-order valence-corrected chi connectivity index (χ0v) is 10.4. The lowest BCUT2D eigenvalue weighted by Gasteiger charge is -2.09. The molecule has 1 aromatic heterocycles. The molecule has 2 rings (SSSR count). The molecule has 1 heterocycles. The summed E-state index contributed by atoms with van der Waals surface area (Å²) >= 11 is 3.20. The minimum atomic E-state index is -4.33. The summed E-state index contributed by atoms with van der Waals surface area (Å²) in [7, 11) is 1.73. The van der Waals surface area contributed by atoms with E-state index in [2.05, 4.69) is 20.9 Å². The Morgan fingerprint density at radius 1 is 1.29 bits per heavy atom. The van der Waals surface area contributed by atoms with Gasteiger partial charge in [-0.05, 0) is 28.1 Å². The van der Waals surface area contributed by atoms with Crippen molar-refractivity contribution in [1.82, 2.24) is 9.55 Å². The number of aromatic nitrogens is 2. The molecule has 0 aliphatic heterocycles. The SMILES string of the molecule is Cn1c(-c2cccc(C(F)(F)F)c2)cnc1Br. The van der Waals surface area contributed by atoms with Crippen LogP contribution in [0.4, 0.5) is 13.2 Å². The molecule has 2 nitrogen and oxygen atoms in total. The van der Waals surface area contributed by atoms with Gasteiger partial charge in [-0.2, -0.15) is 13.2 Å². The molecule has 1 aromatic carbocycles. The number of hydrogen-bond acceptors (Lipinski definition) is 1. The van der Waals surface area contributed by atoms with Crippen molar-refractivity contribution in [3.05, 3.63) is 40.8 Å². The van der Waals surface area contributed by atoms with Gasteiger partial charge >= 0.3 is 6.18 Å². The Kier molecular flexibility index (Phi) is 2.99. The van der Waals surface area contributed by atoms with E-state index in [4.69, 9.17) is 0 Å². The van der Waals surface area contributed by atoms with Gasteiger partial charge in [-0.25, -0.2) is 4.98 Å². The summed E-state index contributed by atoms with van der Waals surface area (Å²) < 4.78 is 39.9. The highest BCUT2D eigenvalue weighted by atomic mass is 79.9. The molecule has 0 aliphatic rings. The lowest BCUT2D eigenvalue weighted by atomic mass is 10.1. The Balaban J connectivity index is 2.51. The summed E-state index contributed by atoms with van der Waals surface area (Å²) in [5.74, 6) is 0. The summed E-state index contributed by atoms with van der Waals surface area (Å²) in [4.78, 5) is 3.98. The van der Waals surface area contributed by atoms with Crippen LogP contribution in [0.15, 0.2) is 35.2 Å². The average molecular weight is 305 g/mol. The van der Waals surface area contributed by atoms with Gasteiger partial charge in [0, 0.05) is 12.6 Å². The molecule has 17 heavy (non-hydrogen) atoms. The molecular formula is C11H8BrF3N2. The van der Waals surface area contributed by atoms with Crippen molar-refractivity contribution in [3.63, 3.8) is 0 Å². The first-order chi connectivity index (χ1) is 7.89. The Labute approximate surface area is 104 Å². The summed E-state index contributed by atoms with van der Waals surface area (Å²) in [5, 5.41) is 0. The van der Waals surface area contributed by atoms with E-state index in [9.17, 15) is 13.2 Å². The molecule has 0 aliphatic carbocycles. The van der Waals surface area contributed by atoms with Gasteiger partial charge < -0.3 is 4.57 Å². The van der Waals surface area contributed by atoms with Crippen LogP contribution in [0.2, 0.25) is 0 Å². The van der Waals surface area contributed by atoms with Gasteiger partial charge in [0.05, 0.1) is 17.5 Å². The van der Waals surface area contributed by atoms with Gasteiger partial charge in [-0.1, -0.05) is 12.1 Å². The number of halogens is 4. The maximum absolute atomic E-state index is 12.6. The van der Waals surface area contributed by atoms with Gasteiger partial charge in [0.2, 0.25) is 0 Å². The molecule has 0 saturated carbocycles. The fraction of sp³-hybridized carbons (Fsp3) is 0.182. The van der Waals surface area contributed by atoms with Gasteiger partial charge in [0.1, 0.15) is 0 Å². The van der Waals surface area contributed by atoms with Crippen molar-refractivity contribution in [3.8, 4) is 11.3 Å². The van der Waals surface area contributed by atoms with Crippen molar-refractivity contribution in [2.45, 2.75) is 6.18 Å². The number of alkyl halides is 3. The standard InChI is InChI=1S/C11H8BrF3N2/c1-17-9(6-16-10(17)12)7-3-2-4-8(5-7)11(13,14)15/h2-6H,1H3. The molecule has 0 saturated heterocycles. The molecule has 0 amide bonds. The quantitative estimate of drug-likeness (QED) is 0.782. The van der Waals surface area contributed by atoms with Crippen molar-refractivity contribution >= 4 is 15.9 Å². The second kappa shape index (κ2) is 4.18. The Morgan fingerprint density at radius 3 is 2.53 bits per heavy atom. The van der Waals surface area contributed by atoms with E-state index >= 15 is 0 Å². The molecule has 90 valence electrons. The number of benzene rings is 1. The third kappa shape index (κ3) is 2.36. The van der Waals surface area contributed by atoms with Crippen molar-refractivity contribution in [1.29, 1.82) is 0 Å².